The number of esters is 1. The van der Waals surface area contributed by atoms with E-state index in [4.69, 9.17) is 9.47 Å². The zero-order chi connectivity index (χ0) is 19.6. The fourth-order valence-electron chi connectivity index (χ4n) is 3.21. The van der Waals surface area contributed by atoms with Gasteiger partial charge in [0.2, 0.25) is 0 Å². The first-order valence-corrected chi connectivity index (χ1v) is 10.1. The molecule has 2 aromatic carbocycles. The lowest BCUT2D eigenvalue weighted by molar-refractivity contribution is 0.0660. The Labute approximate surface area is 163 Å². The van der Waals surface area contributed by atoms with Crippen LogP contribution in [-0.2, 0) is 4.74 Å². The normalized spacial score (nSPS) is 13.2. The minimum atomic E-state index is -0.336. The lowest BCUT2D eigenvalue weighted by atomic mass is 9.92. The van der Waals surface area contributed by atoms with Gasteiger partial charge in [-0.1, -0.05) is 51.5 Å². The summed E-state index contributed by atoms with van der Waals surface area (Å²) in [4.78, 5) is 12.4. The number of hydrogen-bond donors (Lipinski definition) is 0. The highest BCUT2D eigenvalue weighted by molar-refractivity contribution is 5.91. The molecule has 0 aliphatic heterocycles. The molecular weight excluding hydrogens is 336 g/mol. The summed E-state index contributed by atoms with van der Waals surface area (Å²) in [6, 6.07) is 15.4. The van der Waals surface area contributed by atoms with E-state index in [9.17, 15) is 4.79 Å². The predicted molar refractivity (Wildman–Crippen MR) is 110 cm³/mol. The third-order valence-electron chi connectivity index (χ3n) is 4.88. The Kier molecular flexibility index (Phi) is 8.53. The first-order chi connectivity index (χ1) is 13.1. The summed E-state index contributed by atoms with van der Waals surface area (Å²) >= 11 is 0. The second-order valence-electron chi connectivity index (χ2n) is 6.99. The molecule has 0 aliphatic carbocycles. The summed E-state index contributed by atoms with van der Waals surface area (Å²) in [5, 5.41) is 0. The van der Waals surface area contributed by atoms with Crippen molar-refractivity contribution >= 4 is 5.97 Å². The Hall–Kier alpha value is -2.13. The van der Waals surface area contributed by atoms with Crippen LogP contribution in [0.2, 0.25) is 0 Å². The zero-order valence-corrected chi connectivity index (χ0v) is 17.0. The van der Waals surface area contributed by atoms with E-state index < -0.39 is 0 Å². The highest BCUT2D eigenvalue weighted by Crippen LogP contribution is 2.26. The van der Waals surface area contributed by atoms with Crippen LogP contribution >= 0.6 is 0 Å². The molecule has 3 heteroatoms. The number of carbonyl (C=O) groups excluding carboxylic acids is 1. The third-order valence-corrected chi connectivity index (χ3v) is 4.88. The molecule has 146 valence electrons. The van der Waals surface area contributed by atoms with E-state index >= 15 is 0 Å². The van der Waals surface area contributed by atoms with E-state index in [-0.39, 0.29) is 12.1 Å². The molecule has 0 heterocycles. The first-order valence-electron chi connectivity index (χ1n) is 10.1. The predicted octanol–water partition coefficient (Wildman–Crippen LogP) is 6.69. The van der Waals surface area contributed by atoms with Gasteiger partial charge in [-0.05, 0) is 67.5 Å². The van der Waals surface area contributed by atoms with Crippen molar-refractivity contribution < 1.29 is 14.3 Å². The van der Waals surface area contributed by atoms with Gasteiger partial charge in [-0.2, -0.15) is 0 Å². The maximum atomic E-state index is 12.4. The number of carbonyl (C=O) groups is 1. The van der Waals surface area contributed by atoms with Crippen molar-refractivity contribution in [2.45, 2.75) is 65.4 Å². The summed E-state index contributed by atoms with van der Waals surface area (Å²) in [7, 11) is 0. The topological polar surface area (TPSA) is 35.5 Å². The zero-order valence-electron chi connectivity index (χ0n) is 17.0. The summed E-state index contributed by atoms with van der Waals surface area (Å²) in [6.45, 7) is 9.27. The minimum absolute atomic E-state index is 0.0252. The molecule has 0 aliphatic rings. The van der Waals surface area contributed by atoms with Crippen LogP contribution in [0, 0.1) is 0 Å². The average Bonchev–Trinajstić information content (AvgIpc) is 2.71. The van der Waals surface area contributed by atoms with Crippen molar-refractivity contribution in [1.82, 2.24) is 0 Å². The molecule has 0 N–H and O–H groups in total. The van der Waals surface area contributed by atoms with E-state index in [2.05, 4.69) is 32.9 Å². The molecule has 0 aromatic heterocycles. The van der Waals surface area contributed by atoms with Gasteiger partial charge in [0.25, 0.3) is 0 Å². The van der Waals surface area contributed by atoms with Crippen LogP contribution in [0.4, 0.5) is 0 Å². The van der Waals surface area contributed by atoms with Crippen LogP contribution in [0.25, 0.3) is 0 Å². The molecule has 0 spiro atoms. The second-order valence-corrected chi connectivity index (χ2v) is 6.99. The lowest BCUT2D eigenvalue weighted by Gasteiger charge is -2.15. The van der Waals surface area contributed by atoms with Crippen LogP contribution in [0.3, 0.4) is 0 Å². The van der Waals surface area contributed by atoms with Crippen LogP contribution in [0.15, 0.2) is 48.5 Å². The Morgan fingerprint density at radius 3 is 2.07 bits per heavy atom. The van der Waals surface area contributed by atoms with E-state index in [0.717, 1.165) is 25.0 Å². The summed E-state index contributed by atoms with van der Waals surface area (Å²) in [6.07, 6.45) is 4.50. The molecule has 0 fully saturated rings. The first kappa shape index (κ1) is 21.2. The SMILES string of the molecule is CCCOC(C)c1ccc(C(=O)Oc2ccc(C(CC)CCC)cc2)cc1. The quantitative estimate of drug-likeness (QED) is 0.346. The highest BCUT2D eigenvalue weighted by Gasteiger charge is 2.12. The van der Waals surface area contributed by atoms with Crippen molar-refractivity contribution in [1.29, 1.82) is 0 Å². The van der Waals surface area contributed by atoms with Crippen LogP contribution < -0.4 is 4.74 Å². The Morgan fingerprint density at radius 2 is 1.52 bits per heavy atom. The van der Waals surface area contributed by atoms with Crippen LogP contribution in [0.1, 0.15) is 86.9 Å². The number of rotatable bonds is 10. The molecule has 0 radical (unpaired) electrons. The van der Waals surface area contributed by atoms with Crippen molar-refractivity contribution in [3.63, 3.8) is 0 Å². The van der Waals surface area contributed by atoms with Gasteiger partial charge in [0.15, 0.2) is 0 Å². The lowest BCUT2D eigenvalue weighted by Crippen LogP contribution is -2.09. The van der Waals surface area contributed by atoms with Crippen LogP contribution in [0.5, 0.6) is 5.75 Å². The number of hydrogen-bond acceptors (Lipinski definition) is 3. The molecule has 2 rings (SSSR count). The van der Waals surface area contributed by atoms with Gasteiger partial charge in [0, 0.05) is 6.61 Å². The summed E-state index contributed by atoms with van der Waals surface area (Å²) in [5.74, 6) is 0.820. The van der Waals surface area contributed by atoms with E-state index in [1.165, 1.54) is 18.4 Å². The monoisotopic (exact) mass is 368 g/mol. The molecule has 0 amide bonds. The fourth-order valence-corrected chi connectivity index (χ4v) is 3.21. The largest absolute Gasteiger partial charge is 0.423 e. The van der Waals surface area contributed by atoms with Crippen molar-refractivity contribution in [3.8, 4) is 5.75 Å². The smallest absolute Gasteiger partial charge is 0.343 e. The third kappa shape index (κ3) is 6.21. The number of benzene rings is 2. The maximum Gasteiger partial charge on any atom is 0.343 e. The molecule has 2 atom stereocenters. The number of ether oxygens (including phenoxy) is 2. The van der Waals surface area contributed by atoms with Crippen LogP contribution in [-0.4, -0.2) is 12.6 Å². The second kappa shape index (κ2) is 10.9. The Morgan fingerprint density at radius 1 is 0.889 bits per heavy atom. The summed E-state index contributed by atoms with van der Waals surface area (Å²) in [5.41, 5.74) is 2.92. The van der Waals surface area contributed by atoms with Gasteiger partial charge in [-0.25, -0.2) is 4.79 Å². The Balaban J connectivity index is 1.98. The highest BCUT2D eigenvalue weighted by atomic mass is 16.5. The maximum absolute atomic E-state index is 12.4. The van der Waals surface area contributed by atoms with Gasteiger partial charge in [0.05, 0.1) is 11.7 Å². The molecule has 3 nitrogen and oxygen atoms in total. The van der Waals surface area contributed by atoms with Gasteiger partial charge < -0.3 is 9.47 Å². The van der Waals surface area contributed by atoms with Crippen molar-refractivity contribution in [3.05, 3.63) is 65.2 Å². The van der Waals surface area contributed by atoms with E-state index in [0.29, 0.717) is 17.2 Å². The minimum Gasteiger partial charge on any atom is -0.423 e. The molecule has 0 saturated carbocycles. The van der Waals surface area contributed by atoms with Gasteiger partial charge in [-0.3, -0.25) is 0 Å². The standard InChI is InChI=1S/C24H32O3/c1-5-8-19(7-3)21-13-15-23(16-14-21)27-24(25)22-11-9-20(10-12-22)18(4)26-17-6-2/h9-16,18-19H,5-8,17H2,1-4H3. The van der Waals surface area contributed by atoms with E-state index in [1.54, 1.807) is 12.1 Å². The average molecular weight is 369 g/mol. The van der Waals surface area contributed by atoms with E-state index in [1.807, 2.05) is 31.2 Å². The van der Waals surface area contributed by atoms with Crippen molar-refractivity contribution in [2.75, 3.05) is 6.61 Å². The van der Waals surface area contributed by atoms with Gasteiger partial charge in [0.1, 0.15) is 5.75 Å². The Bertz CT molecular complexity index is 689. The molecule has 2 aromatic rings. The van der Waals surface area contributed by atoms with Gasteiger partial charge in [-0.15, -0.1) is 0 Å². The molecule has 0 bridgehead atoms. The fraction of sp³-hybridized carbons (Fsp3) is 0.458. The molecular formula is C24H32O3. The van der Waals surface area contributed by atoms with Crippen molar-refractivity contribution in [2.24, 2.45) is 0 Å². The van der Waals surface area contributed by atoms with Gasteiger partial charge >= 0.3 is 5.97 Å². The molecule has 2 unspecified atom stereocenters. The molecule has 0 saturated heterocycles. The summed E-state index contributed by atoms with van der Waals surface area (Å²) < 4.78 is 11.2. The molecule has 27 heavy (non-hydrogen) atoms.